The van der Waals surface area contributed by atoms with Crippen LogP contribution in [0.15, 0.2) is 54.6 Å². The number of nitrogens with zero attached hydrogens (tertiary/aromatic N) is 1. The molecular weight excluding hydrogens is 344 g/mol. The van der Waals surface area contributed by atoms with E-state index in [1.54, 1.807) is 11.0 Å². The maximum absolute atomic E-state index is 12.8. The van der Waals surface area contributed by atoms with Crippen molar-refractivity contribution in [3.63, 3.8) is 0 Å². The Morgan fingerprint density at radius 3 is 2.33 bits per heavy atom. The molecule has 0 saturated carbocycles. The van der Waals surface area contributed by atoms with Gasteiger partial charge in [-0.25, -0.2) is 0 Å². The minimum absolute atomic E-state index is 0.0134. The smallest absolute Gasteiger partial charge is 0.267 e. The van der Waals surface area contributed by atoms with Crippen molar-refractivity contribution in [2.45, 2.75) is 18.9 Å². The van der Waals surface area contributed by atoms with Gasteiger partial charge in [-0.15, -0.1) is 0 Å². The number of nitrogens with one attached hydrogen (secondary N) is 1. The SMILES string of the molecule is O=C(Nc1ccccc1)C1CCN(C(=O)[C@H]2COc3ccccc3O2)CC1. The highest BCUT2D eigenvalue weighted by Crippen LogP contribution is 2.31. The zero-order valence-electron chi connectivity index (χ0n) is 15.0. The fourth-order valence-corrected chi connectivity index (χ4v) is 3.47. The van der Waals surface area contributed by atoms with Crippen molar-refractivity contribution in [3.05, 3.63) is 54.6 Å². The van der Waals surface area contributed by atoms with Crippen molar-refractivity contribution in [1.29, 1.82) is 0 Å². The molecule has 140 valence electrons. The molecule has 0 radical (unpaired) electrons. The van der Waals surface area contributed by atoms with E-state index in [9.17, 15) is 9.59 Å². The van der Waals surface area contributed by atoms with Crippen molar-refractivity contribution < 1.29 is 19.1 Å². The summed E-state index contributed by atoms with van der Waals surface area (Å²) in [6, 6.07) is 16.8. The number of carbonyl (C=O) groups excluding carboxylic acids is 2. The molecule has 1 N–H and O–H groups in total. The molecule has 2 aliphatic rings. The zero-order valence-corrected chi connectivity index (χ0v) is 15.0. The van der Waals surface area contributed by atoms with Crippen molar-refractivity contribution in [2.24, 2.45) is 5.92 Å². The Balaban J connectivity index is 1.30. The topological polar surface area (TPSA) is 67.9 Å². The Bertz CT molecular complexity index is 816. The molecule has 1 saturated heterocycles. The molecule has 6 heteroatoms. The number of rotatable bonds is 3. The first-order valence-electron chi connectivity index (χ1n) is 9.24. The number of hydrogen-bond donors (Lipinski definition) is 1. The molecule has 4 rings (SSSR count). The van der Waals surface area contributed by atoms with Gasteiger partial charge in [0.05, 0.1) is 0 Å². The second kappa shape index (κ2) is 7.70. The predicted octanol–water partition coefficient (Wildman–Crippen LogP) is 2.70. The van der Waals surface area contributed by atoms with Crippen LogP contribution >= 0.6 is 0 Å². The summed E-state index contributed by atoms with van der Waals surface area (Å²) in [5.74, 6) is 1.11. The van der Waals surface area contributed by atoms with Gasteiger partial charge in [0.1, 0.15) is 6.61 Å². The Kier molecular flexibility index (Phi) is 4.96. The standard InChI is InChI=1S/C21H22N2O4/c24-20(22-16-6-2-1-3-7-16)15-10-12-23(13-11-15)21(25)19-14-26-17-8-4-5-9-18(17)27-19/h1-9,15,19H,10-14H2,(H,22,24)/t19-/m1/s1. The highest BCUT2D eigenvalue weighted by atomic mass is 16.6. The average Bonchev–Trinajstić information content (AvgIpc) is 2.73. The number of piperidine rings is 1. The van der Waals surface area contributed by atoms with Gasteiger partial charge in [0.15, 0.2) is 11.5 Å². The highest BCUT2D eigenvalue weighted by Gasteiger charge is 2.34. The Labute approximate surface area is 158 Å². The molecule has 2 heterocycles. The van der Waals surface area contributed by atoms with Crippen LogP contribution in [0.25, 0.3) is 0 Å². The van der Waals surface area contributed by atoms with Crippen LogP contribution in [0.1, 0.15) is 12.8 Å². The monoisotopic (exact) mass is 366 g/mol. The number of hydrogen-bond acceptors (Lipinski definition) is 4. The fraction of sp³-hybridized carbons (Fsp3) is 0.333. The largest absolute Gasteiger partial charge is 0.485 e. The summed E-state index contributed by atoms with van der Waals surface area (Å²) in [6.45, 7) is 1.31. The third kappa shape index (κ3) is 3.89. The van der Waals surface area contributed by atoms with Crippen LogP contribution in [0, 0.1) is 5.92 Å². The lowest BCUT2D eigenvalue weighted by Crippen LogP contribution is -2.49. The van der Waals surface area contributed by atoms with E-state index in [0.29, 0.717) is 37.4 Å². The first kappa shape index (κ1) is 17.4. The van der Waals surface area contributed by atoms with Gasteiger partial charge in [-0.3, -0.25) is 9.59 Å². The van der Waals surface area contributed by atoms with Gasteiger partial charge in [-0.05, 0) is 37.1 Å². The van der Waals surface area contributed by atoms with Gasteiger partial charge in [0.25, 0.3) is 5.91 Å². The Hall–Kier alpha value is -3.02. The molecule has 0 unspecified atom stereocenters. The first-order chi connectivity index (χ1) is 13.2. The first-order valence-corrected chi connectivity index (χ1v) is 9.24. The number of ether oxygens (including phenoxy) is 2. The number of likely N-dealkylation sites (tertiary alicyclic amines) is 1. The van der Waals surface area contributed by atoms with E-state index in [2.05, 4.69) is 5.32 Å². The van der Waals surface area contributed by atoms with E-state index in [-0.39, 0.29) is 24.3 Å². The van der Waals surface area contributed by atoms with Gasteiger partial charge in [-0.2, -0.15) is 0 Å². The summed E-state index contributed by atoms with van der Waals surface area (Å²) in [5.41, 5.74) is 0.799. The van der Waals surface area contributed by atoms with Gasteiger partial charge in [0.2, 0.25) is 12.0 Å². The van der Waals surface area contributed by atoms with E-state index in [1.807, 2.05) is 48.5 Å². The summed E-state index contributed by atoms with van der Waals surface area (Å²) < 4.78 is 11.4. The summed E-state index contributed by atoms with van der Waals surface area (Å²) in [4.78, 5) is 26.9. The average molecular weight is 366 g/mol. The molecule has 0 bridgehead atoms. The van der Waals surface area contributed by atoms with E-state index < -0.39 is 6.10 Å². The Morgan fingerprint density at radius 1 is 0.926 bits per heavy atom. The van der Waals surface area contributed by atoms with Crippen LogP contribution in [-0.4, -0.2) is 42.5 Å². The van der Waals surface area contributed by atoms with Crippen molar-refractivity contribution in [1.82, 2.24) is 4.90 Å². The Morgan fingerprint density at radius 2 is 1.59 bits per heavy atom. The van der Waals surface area contributed by atoms with Crippen molar-refractivity contribution in [2.75, 3.05) is 25.0 Å². The van der Waals surface area contributed by atoms with E-state index in [4.69, 9.17) is 9.47 Å². The number of para-hydroxylation sites is 3. The van der Waals surface area contributed by atoms with E-state index >= 15 is 0 Å². The molecule has 0 spiro atoms. The normalized spacial score (nSPS) is 19.4. The van der Waals surface area contributed by atoms with Gasteiger partial charge >= 0.3 is 0 Å². The van der Waals surface area contributed by atoms with E-state index in [1.165, 1.54) is 0 Å². The lowest BCUT2D eigenvalue weighted by atomic mass is 9.95. The molecule has 1 atom stereocenters. The quantitative estimate of drug-likeness (QED) is 0.907. The summed E-state index contributed by atoms with van der Waals surface area (Å²) in [5, 5.41) is 2.94. The molecule has 0 aromatic heterocycles. The lowest BCUT2D eigenvalue weighted by molar-refractivity contribution is -0.143. The van der Waals surface area contributed by atoms with Crippen molar-refractivity contribution in [3.8, 4) is 11.5 Å². The number of anilines is 1. The minimum Gasteiger partial charge on any atom is -0.485 e. The van der Waals surface area contributed by atoms with Crippen LogP contribution < -0.4 is 14.8 Å². The maximum Gasteiger partial charge on any atom is 0.267 e. The number of carbonyl (C=O) groups is 2. The van der Waals surface area contributed by atoms with Crippen LogP contribution in [0.4, 0.5) is 5.69 Å². The molecular formula is C21H22N2O4. The molecule has 0 aliphatic carbocycles. The molecule has 2 amide bonds. The van der Waals surface area contributed by atoms with Crippen molar-refractivity contribution >= 4 is 17.5 Å². The van der Waals surface area contributed by atoms with Gasteiger partial charge in [-0.1, -0.05) is 30.3 Å². The van der Waals surface area contributed by atoms with Crippen LogP contribution in [0.3, 0.4) is 0 Å². The molecule has 6 nitrogen and oxygen atoms in total. The number of fused-ring (bicyclic) bond motifs is 1. The minimum atomic E-state index is -0.630. The fourth-order valence-electron chi connectivity index (χ4n) is 3.47. The molecule has 2 aromatic carbocycles. The molecule has 2 aliphatic heterocycles. The van der Waals surface area contributed by atoms with Crippen LogP contribution in [0.5, 0.6) is 11.5 Å². The number of amides is 2. The second-order valence-electron chi connectivity index (χ2n) is 6.82. The molecule has 27 heavy (non-hydrogen) atoms. The molecule has 1 fully saturated rings. The lowest BCUT2D eigenvalue weighted by Gasteiger charge is -2.35. The second-order valence-corrected chi connectivity index (χ2v) is 6.82. The van der Waals surface area contributed by atoms with Gasteiger partial charge in [0, 0.05) is 24.7 Å². The maximum atomic E-state index is 12.8. The zero-order chi connectivity index (χ0) is 18.6. The van der Waals surface area contributed by atoms with Gasteiger partial charge < -0.3 is 19.7 Å². The third-order valence-corrected chi connectivity index (χ3v) is 5.00. The highest BCUT2D eigenvalue weighted by molar-refractivity contribution is 5.92. The van der Waals surface area contributed by atoms with Crippen LogP contribution in [0.2, 0.25) is 0 Å². The molecule has 2 aromatic rings. The third-order valence-electron chi connectivity index (χ3n) is 5.00. The van der Waals surface area contributed by atoms with Crippen LogP contribution in [-0.2, 0) is 9.59 Å². The summed E-state index contributed by atoms with van der Waals surface area (Å²) >= 11 is 0. The predicted molar refractivity (Wildman–Crippen MR) is 101 cm³/mol. The number of benzene rings is 2. The summed E-state index contributed by atoms with van der Waals surface area (Å²) in [7, 11) is 0. The van der Waals surface area contributed by atoms with E-state index in [0.717, 1.165) is 5.69 Å². The summed E-state index contributed by atoms with van der Waals surface area (Å²) in [6.07, 6.45) is 0.665.